The molecule has 39 heavy (non-hydrogen) atoms. The third-order valence-electron chi connectivity index (χ3n) is 7.08. The molecular weight excluding hydrogens is 499 g/mol. The van der Waals surface area contributed by atoms with E-state index in [1.807, 2.05) is 36.4 Å². The summed E-state index contributed by atoms with van der Waals surface area (Å²) in [5.41, 5.74) is 3.16. The van der Waals surface area contributed by atoms with Crippen LogP contribution in [0.3, 0.4) is 0 Å². The SMILES string of the molecule is COc1ccc([C@H]2[C@H](C(=O)Nc3ccc4c(c3)OCO4)c3ccccc3C(=O)N2Cc2ccc(F)cc2)cc1. The zero-order valence-electron chi connectivity index (χ0n) is 21.1. The third kappa shape index (κ3) is 4.65. The van der Waals surface area contributed by atoms with Gasteiger partial charge in [0.25, 0.3) is 5.91 Å². The first kappa shape index (κ1) is 24.5. The van der Waals surface area contributed by atoms with E-state index in [-0.39, 0.29) is 31.0 Å². The van der Waals surface area contributed by atoms with Crippen LogP contribution < -0.4 is 19.5 Å². The second kappa shape index (κ2) is 10.1. The van der Waals surface area contributed by atoms with E-state index in [1.54, 1.807) is 54.5 Å². The monoisotopic (exact) mass is 524 g/mol. The Morgan fingerprint density at radius 2 is 1.72 bits per heavy atom. The summed E-state index contributed by atoms with van der Waals surface area (Å²) < 4.78 is 29.9. The van der Waals surface area contributed by atoms with Gasteiger partial charge in [-0.25, -0.2) is 4.39 Å². The normalized spacial score (nSPS) is 17.5. The molecule has 2 aliphatic rings. The Kier molecular flexibility index (Phi) is 6.36. The second-order valence-corrected chi connectivity index (χ2v) is 9.40. The van der Waals surface area contributed by atoms with Crippen molar-refractivity contribution in [3.05, 3.63) is 119 Å². The van der Waals surface area contributed by atoms with Gasteiger partial charge in [-0.05, 0) is 59.2 Å². The number of nitrogens with zero attached hydrogens (tertiary/aromatic N) is 1. The van der Waals surface area contributed by atoms with E-state index < -0.39 is 12.0 Å². The Balaban J connectivity index is 1.44. The van der Waals surface area contributed by atoms with Crippen molar-refractivity contribution in [2.24, 2.45) is 0 Å². The van der Waals surface area contributed by atoms with Crippen LogP contribution >= 0.6 is 0 Å². The number of carbonyl (C=O) groups is 2. The summed E-state index contributed by atoms with van der Waals surface area (Å²) in [4.78, 5) is 29.7. The van der Waals surface area contributed by atoms with Crippen molar-refractivity contribution in [3.63, 3.8) is 0 Å². The fourth-order valence-electron chi connectivity index (χ4n) is 5.20. The van der Waals surface area contributed by atoms with Crippen molar-refractivity contribution in [2.45, 2.75) is 18.5 Å². The summed E-state index contributed by atoms with van der Waals surface area (Å²) in [6.45, 7) is 0.320. The number of methoxy groups -OCH3 is 1. The molecule has 0 aliphatic carbocycles. The Hall–Kier alpha value is -4.85. The quantitative estimate of drug-likeness (QED) is 0.351. The van der Waals surface area contributed by atoms with E-state index in [0.717, 1.165) is 11.1 Å². The summed E-state index contributed by atoms with van der Waals surface area (Å²) in [6.07, 6.45) is 0. The Labute approximate surface area is 224 Å². The van der Waals surface area contributed by atoms with Crippen LogP contribution in [0.4, 0.5) is 10.1 Å². The topological polar surface area (TPSA) is 77.1 Å². The van der Waals surface area contributed by atoms with E-state index in [2.05, 4.69) is 5.32 Å². The van der Waals surface area contributed by atoms with Gasteiger partial charge in [-0.2, -0.15) is 0 Å². The number of amides is 2. The molecule has 0 unspecified atom stereocenters. The minimum Gasteiger partial charge on any atom is -0.497 e. The molecule has 2 atom stereocenters. The Morgan fingerprint density at radius 1 is 0.974 bits per heavy atom. The molecule has 1 N–H and O–H groups in total. The van der Waals surface area contributed by atoms with Gasteiger partial charge in [0.05, 0.1) is 19.1 Å². The highest BCUT2D eigenvalue weighted by molar-refractivity contribution is 6.04. The third-order valence-corrected chi connectivity index (χ3v) is 7.08. The lowest BCUT2D eigenvalue weighted by Crippen LogP contribution is -2.45. The minimum atomic E-state index is -0.738. The molecule has 4 aromatic carbocycles. The van der Waals surface area contributed by atoms with Gasteiger partial charge < -0.3 is 24.4 Å². The molecule has 8 heteroatoms. The van der Waals surface area contributed by atoms with Crippen molar-refractivity contribution in [2.75, 3.05) is 19.2 Å². The van der Waals surface area contributed by atoms with E-state index >= 15 is 0 Å². The molecule has 4 aromatic rings. The molecule has 0 bridgehead atoms. The first-order chi connectivity index (χ1) is 19.0. The van der Waals surface area contributed by atoms with Crippen molar-refractivity contribution < 1.29 is 28.2 Å². The van der Waals surface area contributed by atoms with Gasteiger partial charge in [0.15, 0.2) is 11.5 Å². The van der Waals surface area contributed by atoms with Gasteiger partial charge in [-0.3, -0.25) is 9.59 Å². The summed E-state index contributed by atoms with van der Waals surface area (Å²) in [7, 11) is 1.58. The van der Waals surface area contributed by atoms with Gasteiger partial charge in [-0.15, -0.1) is 0 Å². The van der Waals surface area contributed by atoms with E-state index in [0.29, 0.717) is 34.1 Å². The summed E-state index contributed by atoms with van der Waals surface area (Å²) in [6, 6.07) is 25.1. The van der Waals surface area contributed by atoms with Gasteiger partial charge in [0.2, 0.25) is 12.7 Å². The summed E-state index contributed by atoms with van der Waals surface area (Å²) in [5, 5.41) is 3.02. The minimum absolute atomic E-state index is 0.128. The predicted octanol–water partition coefficient (Wildman–Crippen LogP) is 5.68. The molecule has 0 aromatic heterocycles. The summed E-state index contributed by atoms with van der Waals surface area (Å²) in [5.74, 6) is 0.245. The smallest absolute Gasteiger partial charge is 0.255 e. The van der Waals surface area contributed by atoms with E-state index in [4.69, 9.17) is 14.2 Å². The van der Waals surface area contributed by atoms with Crippen LogP contribution in [0, 0.1) is 5.82 Å². The van der Waals surface area contributed by atoms with Crippen LogP contribution in [0.2, 0.25) is 0 Å². The van der Waals surface area contributed by atoms with Gasteiger partial charge >= 0.3 is 0 Å². The molecule has 2 heterocycles. The van der Waals surface area contributed by atoms with Crippen molar-refractivity contribution >= 4 is 17.5 Å². The van der Waals surface area contributed by atoms with E-state index in [1.165, 1.54) is 12.1 Å². The van der Waals surface area contributed by atoms with Crippen molar-refractivity contribution in [3.8, 4) is 17.2 Å². The molecule has 7 nitrogen and oxygen atoms in total. The molecule has 2 amide bonds. The molecule has 2 aliphatic heterocycles. The fourth-order valence-corrected chi connectivity index (χ4v) is 5.20. The van der Waals surface area contributed by atoms with E-state index in [9.17, 15) is 14.0 Å². The number of ether oxygens (including phenoxy) is 3. The number of fused-ring (bicyclic) bond motifs is 2. The predicted molar refractivity (Wildman–Crippen MR) is 142 cm³/mol. The van der Waals surface area contributed by atoms with Crippen molar-refractivity contribution in [1.82, 2.24) is 4.90 Å². The second-order valence-electron chi connectivity index (χ2n) is 9.40. The molecule has 0 fully saturated rings. The van der Waals surface area contributed by atoms with Crippen LogP contribution in [0.15, 0.2) is 91.0 Å². The zero-order chi connectivity index (χ0) is 26.9. The highest BCUT2D eigenvalue weighted by atomic mass is 19.1. The number of rotatable bonds is 6. The number of halogens is 1. The molecule has 0 radical (unpaired) electrons. The molecule has 6 rings (SSSR count). The number of anilines is 1. The van der Waals surface area contributed by atoms with Crippen LogP contribution in [0.1, 0.15) is 39.0 Å². The lowest BCUT2D eigenvalue weighted by molar-refractivity contribution is -0.119. The first-order valence-corrected chi connectivity index (χ1v) is 12.5. The van der Waals surface area contributed by atoms with Crippen molar-refractivity contribution in [1.29, 1.82) is 0 Å². The lowest BCUT2D eigenvalue weighted by Gasteiger charge is -2.42. The van der Waals surface area contributed by atoms with Gasteiger partial charge in [0, 0.05) is 23.9 Å². The average Bonchev–Trinajstić information content (AvgIpc) is 3.43. The fraction of sp³-hybridized carbons (Fsp3) is 0.161. The highest BCUT2D eigenvalue weighted by Gasteiger charge is 2.44. The molecule has 0 saturated carbocycles. The molecule has 0 saturated heterocycles. The van der Waals surface area contributed by atoms with Gasteiger partial charge in [0.1, 0.15) is 11.6 Å². The maximum absolute atomic E-state index is 14.1. The number of nitrogens with one attached hydrogen (secondary N) is 1. The number of benzene rings is 4. The maximum atomic E-state index is 14.1. The average molecular weight is 525 g/mol. The standard InChI is InChI=1S/C31H25FN2O5/c1-37-23-13-8-20(9-14-23)29-28(30(35)33-22-12-15-26-27(16-22)39-18-38-26)24-4-2-3-5-25(24)31(36)34(29)17-19-6-10-21(32)11-7-19/h2-16,28-29H,17-18H2,1H3,(H,33,35)/t28-,29+/m1/s1. The molecule has 0 spiro atoms. The first-order valence-electron chi connectivity index (χ1n) is 12.5. The molecule has 196 valence electrons. The molecular formula is C31H25FN2O5. The number of carbonyl (C=O) groups excluding carboxylic acids is 2. The summed E-state index contributed by atoms with van der Waals surface area (Å²) >= 11 is 0. The maximum Gasteiger partial charge on any atom is 0.255 e. The van der Waals surface area contributed by atoms with Gasteiger partial charge in [-0.1, -0.05) is 42.5 Å². The largest absolute Gasteiger partial charge is 0.497 e. The Bertz CT molecular complexity index is 1540. The number of hydrogen-bond acceptors (Lipinski definition) is 5. The van der Waals surface area contributed by atoms with Crippen LogP contribution in [-0.4, -0.2) is 30.6 Å². The van der Waals surface area contributed by atoms with Crippen LogP contribution in [0.5, 0.6) is 17.2 Å². The zero-order valence-corrected chi connectivity index (χ0v) is 21.1. The Morgan fingerprint density at radius 3 is 2.49 bits per heavy atom. The van der Waals surface area contributed by atoms with Crippen LogP contribution in [-0.2, 0) is 11.3 Å². The highest BCUT2D eigenvalue weighted by Crippen LogP contribution is 2.45. The lowest BCUT2D eigenvalue weighted by atomic mass is 9.79. The van der Waals surface area contributed by atoms with Crippen LogP contribution in [0.25, 0.3) is 0 Å². The number of hydrogen-bond donors (Lipinski definition) is 1.